The van der Waals surface area contributed by atoms with Crippen molar-refractivity contribution in [3.05, 3.63) is 29.0 Å². The summed E-state index contributed by atoms with van der Waals surface area (Å²) < 4.78 is 5.42. The molecule has 1 rings (SSSR count). The monoisotopic (exact) mass is 397 g/mol. The second kappa shape index (κ2) is 11.6. The molecule has 27 heavy (non-hydrogen) atoms. The van der Waals surface area contributed by atoms with Gasteiger partial charge in [0.2, 0.25) is 0 Å². The molecule has 1 heterocycles. The number of aliphatic imine (C=N–C) groups is 1. The van der Waals surface area contributed by atoms with Crippen molar-refractivity contribution in [2.45, 2.75) is 46.6 Å². The Balaban J connectivity index is 2.48. The summed E-state index contributed by atoms with van der Waals surface area (Å²) in [6.07, 6.45) is 2.24. The molecule has 7 nitrogen and oxygen atoms in total. The Morgan fingerprint density at radius 1 is 1.30 bits per heavy atom. The Bertz CT molecular complexity index is 599. The fraction of sp³-hybridized carbons (Fsp3) is 0.632. The van der Waals surface area contributed by atoms with Gasteiger partial charge in [-0.2, -0.15) is 0 Å². The van der Waals surface area contributed by atoms with Gasteiger partial charge in [0.15, 0.2) is 5.96 Å². The van der Waals surface area contributed by atoms with E-state index in [0.717, 1.165) is 24.5 Å². The summed E-state index contributed by atoms with van der Waals surface area (Å²) in [6.45, 7) is 12.6. The first-order valence-corrected chi connectivity index (χ1v) is 9.73. The highest BCUT2D eigenvalue weighted by Gasteiger charge is 2.20. The number of likely N-dealkylation sites (N-methyl/N-ethyl adjacent to an activating group) is 1. The van der Waals surface area contributed by atoms with Gasteiger partial charge in [0.1, 0.15) is 10.8 Å². The van der Waals surface area contributed by atoms with Crippen LogP contribution < -0.4 is 10.6 Å². The third-order valence-electron chi connectivity index (χ3n) is 3.51. The molecule has 1 aromatic rings. The molecule has 152 valence electrons. The van der Waals surface area contributed by atoms with Crippen LogP contribution in [0.2, 0.25) is 5.15 Å². The van der Waals surface area contributed by atoms with Gasteiger partial charge in [0.25, 0.3) is 0 Å². The lowest BCUT2D eigenvalue weighted by Crippen LogP contribution is -2.44. The molecule has 0 saturated carbocycles. The Kier molecular flexibility index (Phi) is 9.93. The zero-order chi connectivity index (χ0) is 20.3. The van der Waals surface area contributed by atoms with Crippen molar-refractivity contribution < 1.29 is 9.53 Å². The molecular formula is C19H32ClN5O2. The summed E-state index contributed by atoms with van der Waals surface area (Å²) in [5.74, 6) is 0.722. The average molecular weight is 398 g/mol. The van der Waals surface area contributed by atoms with Gasteiger partial charge in [0, 0.05) is 38.9 Å². The van der Waals surface area contributed by atoms with Gasteiger partial charge in [-0.15, -0.1) is 0 Å². The number of hydrogen-bond donors (Lipinski definition) is 2. The van der Waals surface area contributed by atoms with Crippen LogP contribution in [0.15, 0.2) is 23.3 Å². The lowest BCUT2D eigenvalue weighted by Gasteiger charge is -2.26. The summed E-state index contributed by atoms with van der Waals surface area (Å²) in [5.41, 5.74) is 0.589. The van der Waals surface area contributed by atoms with Crippen molar-refractivity contribution in [3.63, 3.8) is 0 Å². The van der Waals surface area contributed by atoms with E-state index in [1.54, 1.807) is 17.2 Å². The molecular weight excluding hydrogens is 366 g/mol. The number of ether oxygens (including phenoxy) is 1. The summed E-state index contributed by atoms with van der Waals surface area (Å²) >= 11 is 5.79. The fourth-order valence-electron chi connectivity index (χ4n) is 2.21. The van der Waals surface area contributed by atoms with Gasteiger partial charge in [0.05, 0.1) is 0 Å². The molecule has 8 heteroatoms. The molecule has 0 radical (unpaired) electrons. The van der Waals surface area contributed by atoms with Crippen molar-refractivity contribution in [1.82, 2.24) is 20.5 Å². The highest BCUT2D eigenvalue weighted by atomic mass is 35.5. The first-order chi connectivity index (χ1) is 12.7. The maximum atomic E-state index is 12.2. The lowest BCUT2D eigenvalue weighted by atomic mass is 10.2. The number of carbonyl (C=O) groups excluding carboxylic acids is 1. The minimum absolute atomic E-state index is 0.302. The van der Waals surface area contributed by atoms with Gasteiger partial charge in [-0.25, -0.2) is 9.78 Å². The Labute approximate surface area is 167 Å². The highest BCUT2D eigenvalue weighted by Crippen LogP contribution is 2.09. The SMILES string of the molecule is CCNC(=NCCc1ccc(Cl)nc1)NCCN(CC)C(=O)OC(C)(C)C. The molecule has 0 unspecified atom stereocenters. The summed E-state index contributed by atoms with van der Waals surface area (Å²) in [7, 11) is 0. The van der Waals surface area contributed by atoms with Crippen LogP contribution >= 0.6 is 11.6 Å². The smallest absolute Gasteiger partial charge is 0.410 e. The maximum Gasteiger partial charge on any atom is 0.410 e. The third-order valence-corrected chi connectivity index (χ3v) is 3.73. The predicted molar refractivity (Wildman–Crippen MR) is 110 cm³/mol. The second-order valence-electron chi connectivity index (χ2n) is 6.99. The van der Waals surface area contributed by atoms with E-state index < -0.39 is 5.60 Å². The number of aromatic nitrogens is 1. The number of pyridine rings is 1. The predicted octanol–water partition coefficient (Wildman–Crippen LogP) is 3.09. The lowest BCUT2D eigenvalue weighted by molar-refractivity contribution is 0.0264. The number of amides is 1. The van der Waals surface area contributed by atoms with Crippen LogP contribution in [-0.4, -0.2) is 60.3 Å². The number of rotatable bonds is 8. The number of carbonyl (C=O) groups is 1. The van der Waals surface area contributed by atoms with Gasteiger partial charge in [-0.3, -0.25) is 4.99 Å². The second-order valence-corrected chi connectivity index (χ2v) is 7.37. The van der Waals surface area contributed by atoms with Crippen molar-refractivity contribution in [1.29, 1.82) is 0 Å². The molecule has 0 saturated heterocycles. The number of nitrogens with one attached hydrogen (secondary N) is 2. The van der Waals surface area contributed by atoms with Crippen LogP contribution in [0.25, 0.3) is 0 Å². The molecule has 0 aliphatic heterocycles. The van der Waals surface area contributed by atoms with Crippen molar-refractivity contribution in [3.8, 4) is 0 Å². The quantitative estimate of drug-likeness (QED) is 0.400. The molecule has 0 fully saturated rings. The Hall–Kier alpha value is -2.02. The first-order valence-electron chi connectivity index (χ1n) is 9.35. The normalized spacial score (nSPS) is 11.9. The van der Waals surface area contributed by atoms with Crippen molar-refractivity contribution in [2.75, 3.05) is 32.7 Å². The molecule has 0 aliphatic carbocycles. The number of hydrogen-bond acceptors (Lipinski definition) is 4. The van der Waals surface area contributed by atoms with Crippen molar-refractivity contribution >= 4 is 23.7 Å². The third kappa shape index (κ3) is 10.0. The first kappa shape index (κ1) is 23.0. The standard InChI is InChI=1S/C19H32ClN5O2/c1-6-21-17(22-11-10-15-8-9-16(20)24-14-15)23-12-13-25(7-2)18(26)27-19(3,4)5/h8-9,14H,6-7,10-13H2,1-5H3,(H2,21,22,23). The fourth-order valence-corrected chi connectivity index (χ4v) is 2.32. The van der Waals surface area contributed by atoms with Gasteiger partial charge in [-0.05, 0) is 52.7 Å². The van der Waals surface area contributed by atoms with Crippen LogP contribution in [0.4, 0.5) is 4.79 Å². The van der Waals surface area contributed by atoms with Crippen molar-refractivity contribution in [2.24, 2.45) is 4.99 Å². The largest absolute Gasteiger partial charge is 0.444 e. The maximum absolute atomic E-state index is 12.2. The van der Waals surface area contributed by atoms with Crippen LogP contribution in [0, 0.1) is 0 Å². The summed E-state index contributed by atoms with van der Waals surface area (Å²) in [6, 6.07) is 3.73. The molecule has 0 spiro atoms. The van der Waals surface area contributed by atoms with E-state index in [1.165, 1.54) is 0 Å². The summed E-state index contributed by atoms with van der Waals surface area (Å²) in [4.78, 5) is 22.5. The highest BCUT2D eigenvalue weighted by molar-refractivity contribution is 6.29. The number of guanidine groups is 1. The molecule has 0 aromatic carbocycles. The van der Waals surface area contributed by atoms with Gasteiger partial charge >= 0.3 is 6.09 Å². The van der Waals surface area contributed by atoms with E-state index in [4.69, 9.17) is 16.3 Å². The molecule has 0 atom stereocenters. The van der Waals surface area contributed by atoms with Crippen LogP contribution in [0.3, 0.4) is 0 Å². The van der Waals surface area contributed by atoms with Crippen LogP contribution in [-0.2, 0) is 11.2 Å². The zero-order valence-corrected chi connectivity index (χ0v) is 17.8. The molecule has 2 N–H and O–H groups in total. The average Bonchev–Trinajstić information content (AvgIpc) is 2.58. The zero-order valence-electron chi connectivity index (χ0n) is 17.0. The topological polar surface area (TPSA) is 78.9 Å². The van der Waals surface area contributed by atoms with E-state index >= 15 is 0 Å². The van der Waals surface area contributed by atoms with E-state index in [9.17, 15) is 4.79 Å². The van der Waals surface area contributed by atoms with Crippen LogP contribution in [0.1, 0.15) is 40.2 Å². The molecule has 0 bridgehead atoms. The minimum Gasteiger partial charge on any atom is -0.444 e. The number of halogens is 1. The Morgan fingerprint density at radius 3 is 2.59 bits per heavy atom. The molecule has 0 aliphatic rings. The van der Waals surface area contributed by atoms with Gasteiger partial charge < -0.3 is 20.3 Å². The van der Waals surface area contributed by atoms with E-state index in [2.05, 4.69) is 20.6 Å². The number of nitrogens with zero attached hydrogens (tertiary/aromatic N) is 3. The van der Waals surface area contributed by atoms with Crippen LogP contribution in [0.5, 0.6) is 0 Å². The van der Waals surface area contributed by atoms with E-state index in [1.807, 2.05) is 40.7 Å². The van der Waals surface area contributed by atoms with Gasteiger partial charge in [-0.1, -0.05) is 17.7 Å². The summed E-state index contributed by atoms with van der Waals surface area (Å²) in [5, 5.41) is 6.94. The van der Waals surface area contributed by atoms with E-state index in [0.29, 0.717) is 31.3 Å². The molecule has 1 amide bonds. The van der Waals surface area contributed by atoms with E-state index in [-0.39, 0.29) is 6.09 Å². The minimum atomic E-state index is -0.495. The molecule has 1 aromatic heterocycles. The Morgan fingerprint density at radius 2 is 2.04 bits per heavy atom.